The molecule has 1 rings (SSSR count). The molecule has 1 saturated heterocycles. The Hall–Kier alpha value is -0.610. The van der Waals surface area contributed by atoms with Crippen LogP contribution in [0.1, 0.15) is 40.0 Å². The van der Waals surface area contributed by atoms with Crippen molar-refractivity contribution >= 4 is 5.91 Å². The summed E-state index contributed by atoms with van der Waals surface area (Å²) in [7, 11) is 0. The maximum Gasteiger partial charge on any atom is 0.227 e. The monoisotopic (exact) mass is 242 g/mol. The number of hydrogen-bond acceptors (Lipinski definition) is 3. The molecule has 0 aromatic heterocycles. The van der Waals surface area contributed by atoms with Gasteiger partial charge in [-0.2, -0.15) is 0 Å². The van der Waals surface area contributed by atoms with Crippen LogP contribution in [0.3, 0.4) is 0 Å². The molecule has 1 aliphatic rings. The molecule has 4 nitrogen and oxygen atoms in total. The fourth-order valence-corrected chi connectivity index (χ4v) is 1.92. The zero-order valence-corrected chi connectivity index (χ0v) is 11.3. The molecule has 1 heterocycles. The second-order valence-electron chi connectivity index (χ2n) is 5.80. The molecule has 0 radical (unpaired) electrons. The number of amides is 1. The average Bonchev–Trinajstić information content (AvgIpc) is 2.37. The highest BCUT2D eigenvalue weighted by Gasteiger charge is 2.39. The molecule has 0 aliphatic carbocycles. The lowest BCUT2D eigenvalue weighted by atomic mass is 9.79. The van der Waals surface area contributed by atoms with E-state index in [1.54, 1.807) is 0 Å². The zero-order chi connectivity index (χ0) is 12.9. The van der Waals surface area contributed by atoms with E-state index in [1.165, 1.54) is 0 Å². The van der Waals surface area contributed by atoms with Gasteiger partial charge in [-0.15, -0.1) is 0 Å². The van der Waals surface area contributed by atoms with Crippen molar-refractivity contribution in [1.29, 1.82) is 0 Å². The number of ether oxygens (including phenoxy) is 1. The summed E-state index contributed by atoms with van der Waals surface area (Å²) in [5, 5.41) is 3.06. The average molecular weight is 242 g/mol. The van der Waals surface area contributed by atoms with Gasteiger partial charge in [-0.05, 0) is 24.7 Å². The van der Waals surface area contributed by atoms with Crippen LogP contribution in [-0.4, -0.2) is 32.2 Å². The highest BCUT2D eigenvalue weighted by Crippen LogP contribution is 2.30. The topological polar surface area (TPSA) is 64.4 Å². The van der Waals surface area contributed by atoms with Gasteiger partial charge in [-0.1, -0.05) is 20.8 Å². The quantitative estimate of drug-likeness (QED) is 0.763. The van der Waals surface area contributed by atoms with Gasteiger partial charge in [0.1, 0.15) is 0 Å². The summed E-state index contributed by atoms with van der Waals surface area (Å²) in [5.41, 5.74) is 5.54. The van der Waals surface area contributed by atoms with Gasteiger partial charge in [0, 0.05) is 26.3 Å². The Morgan fingerprint density at radius 1 is 1.41 bits per heavy atom. The van der Waals surface area contributed by atoms with Crippen molar-refractivity contribution in [3.8, 4) is 0 Å². The molecule has 0 aromatic carbocycles. The molecule has 1 fully saturated rings. The van der Waals surface area contributed by atoms with Gasteiger partial charge >= 0.3 is 0 Å². The van der Waals surface area contributed by atoms with E-state index in [2.05, 4.69) is 26.1 Å². The molecule has 100 valence electrons. The van der Waals surface area contributed by atoms with Crippen LogP contribution >= 0.6 is 0 Å². The second kappa shape index (κ2) is 5.83. The number of nitrogens with one attached hydrogen (secondary N) is 1. The van der Waals surface area contributed by atoms with Crippen LogP contribution < -0.4 is 11.1 Å². The number of nitrogens with two attached hydrogens (primary N) is 1. The van der Waals surface area contributed by atoms with E-state index in [9.17, 15) is 4.79 Å². The number of carbonyl (C=O) groups excluding carboxylic acids is 1. The van der Waals surface area contributed by atoms with Gasteiger partial charge in [-0.3, -0.25) is 4.79 Å². The Balaban J connectivity index is 2.55. The van der Waals surface area contributed by atoms with Gasteiger partial charge in [0.25, 0.3) is 0 Å². The smallest absolute Gasteiger partial charge is 0.227 e. The first-order valence-corrected chi connectivity index (χ1v) is 6.52. The van der Waals surface area contributed by atoms with E-state index in [0.29, 0.717) is 26.3 Å². The van der Waals surface area contributed by atoms with Crippen LogP contribution in [-0.2, 0) is 9.53 Å². The van der Waals surface area contributed by atoms with Gasteiger partial charge < -0.3 is 15.8 Å². The molecule has 1 amide bonds. The van der Waals surface area contributed by atoms with Crippen molar-refractivity contribution in [1.82, 2.24) is 5.32 Å². The maximum atomic E-state index is 12.3. The van der Waals surface area contributed by atoms with E-state index in [4.69, 9.17) is 10.5 Å². The van der Waals surface area contributed by atoms with Crippen LogP contribution in [0.2, 0.25) is 0 Å². The molecule has 4 heteroatoms. The van der Waals surface area contributed by atoms with Crippen molar-refractivity contribution < 1.29 is 9.53 Å². The minimum atomic E-state index is -0.401. The van der Waals surface area contributed by atoms with E-state index >= 15 is 0 Å². The molecular formula is C13H26N2O2. The minimum absolute atomic E-state index is 0.102. The van der Waals surface area contributed by atoms with Gasteiger partial charge in [0.15, 0.2) is 0 Å². The number of carbonyl (C=O) groups is 1. The molecular weight excluding hydrogens is 216 g/mol. The predicted molar refractivity (Wildman–Crippen MR) is 68.6 cm³/mol. The molecule has 0 aromatic rings. The van der Waals surface area contributed by atoms with Crippen molar-refractivity contribution in [3.63, 3.8) is 0 Å². The summed E-state index contributed by atoms with van der Waals surface area (Å²) >= 11 is 0. The van der Waals surface area contributed by atoms with Crippen LogP contribution in [0.15, 0.2) is 0 Å². The third-order valence-corrected chi connectivity index (χ3v) is 4.01. The molecule has 0 bridgehead atoms. The zero-order valence-electron chi connectivity index (χ0n) is 11.3. The highest BCUT2D eigenvalue weighted by atomic mass is 16.5. The Morgan fingerprint density at radius 3 is 2.47 bits per heavy atom. The Morgan fingerprint density at radius 2 is 2.00 bits per heavy atom. The molecule has 17 heavy (non-hydrogen) atoms. The lowest BCUT2D eigenvalue weighted by Crippen LogP contribution is -2.50. The molecule has 0 spiro atoms. The third kappa shape index (κ3) is 3.68. The Labute approximate surface area is 104 Å². The van der Waals surface area contributed by atoms with Crippen LogP contribution in [0.5, 0.6) is 0 Å². The molecule has 0 saturated carbocycles. The number of rotatable bonds is 5. The van der Waals surface area contributed by atoms with Crippen LogP contribution in [0.4, 0.5) is 0 Å². The maximum absolute atomic E-state index is 12.3. The standard InChI is InChI=1S/C13H26N2O2/c1-4-12(2,3)10-15-11(16)13(9-14)5-7-17-8-6-13/h4-10,14H2,1-3H3,(H,15,16). The fraction of sp³-hybridized carbons (Fsp3) is 0.923. The summed E-state index contributed by atoms with van der Waals surface area (Å²) < 4.78 is 5.31. The minimum Gasteiger partial charge on any atom is -0.381 e. The van der Waals surface area contributed by atoms with Gasteiger partial charge in [0.05, 0.1) is 5.41 Å². The largest absolute Gasteiger partial charge is 0.381 e. The first-order valence-electron chi connectivity index (χ1n) is 6.52. The van der Waals surface area contributed by atoms with Crippen LogP contribution in [0, 0.1) is 10.8 Å². The first kappa shape index (κ1) is 14.5. The predicted octanol–water partition coefficient (Wildman–Crippen LogP) is 1.29. The first-order chi connectivity index (χ1) is 7.96. The van der Waals surface area contributed by atoms with Crippen molar-refractivity contribution in [2.24, 2.45) is 16.6 Å². The Kier molecular flexibility index (Phi) is 4.95. The second-order valence-corrected chi connectivity index (χ2v) is 5.80. The van der Waals surface area contributed by atoms with Crippen LogP contribution in [0.25, 0.3) is 0 Å². The van der Waals surface area contributed by atoms with E-state index in [1.807, 2.05) is 0 Å². The summed E-state index contributed by atoms with van der Waals surface area (Å²) in [6.45, 7) is 8.86. The van der Waals surface area contributed by atoms with Crippen molar-refractivity contribution in [3.05, 3.63) is 0 Å². The molecule has 3 N–H and O–H groups in total. The SMILES string of the molecule is CCC(C)(C)CNC(=O)C1(CN)CCOCC1. The van der Waals surface area contributed by atoms with Crippen molar-refractivity contribution in [2.45, 2.75) is 40.0 Å². The Bertz CT molecular complexity index is 258. The van der Waals surface area contributed by atoms with E-state index in [0.717, 1.165) is 19.3 Å². The fourth-order valence-electron chi connectivity index (χ4n) is 1.92. The van der Waals surface area contributed by atoms with E-state index in [-0.39, 0.29) is 11.3 Å². The summed E-state index contributed by atoms with van der Waals surface area (Å²) in [4.78, 5) is 12.3. The summed E-state index contributed by atoms with van der Waals surface area (Å²) in [6, 6.07) is 0. The molecule has 1 aliphatic heterocycles. The highest BCUT2D eigenvalue weighted by molar-refractivity contribution is 5.83. The van der Waals surface area contributed by atoms with Crippen molar-refractivity contribution in [2.75, 3.05) is 26.3 Å². The van der Waals surface area contributed by atoms with Gasteiger partial charge in [0.2, 0.25) is 5.91 Å². The third-order valence-electron chi connectivity index (χ3n) is 4.01. The van der Waals surface area contributed by atoms with E-state index < -0.39 is 5.41 Å². The normalized spacial score (nSPS) is 20.0. The number of hydrogen-bond donors (Lipinski definition) is 2. The summed E-state index contributed by atoms with van der Waals surface area (Å²) in [6.07, 6.45) is 2.52. The summed E-state index contributed by atoms with van der Waals surface area (Å²) in [5.74, 6) is 0.102. The lowest BCUT2D eigenvalue weighted by Gasteiger charge is -2.35. The molecule has 0 unspecified atom stereocenters. The molecule has 0 atom stereocenters. The lowest BCUT2D eigenvalue weighted by molar-refractivity contribution is -0.136. The van der Waals surface area contributed by atoms with Gasteiger partial charge in [-0.25, -0.2) is 0 Å².